The number of ether oxygens (including phenoxy) is 1. The minimum Gasteiger partial charge on any atom is -0.381 e. The molecule has 2 aliphatic rings. The van der Waals surface area contributed by atoms with Gasteiger partial charge in [-0.2, -0.15) is 4.31 Å². The number of hydrogen-bond donors (Lipinski definition) is 1. The zero-order chi connectivity index (χ0) is 14.2. The molecule has 0 bridgehead atoms. The van der Waals surface area contributed by atoms with Crippen LogP contribution < -0.4 is 5.32 Å². The van der Waals surface area contributed by atoms with Crippen LogP contribution in [-0.4, -0.2) is 39.0 Å². The van der Waals surface area contributed by atoms with Gasteiger partial charge in [0.15, 0.2) is 0 Å². The summed E-state index contributed by atoms with van der Waals surface area (Å²) in [5.41, 5.74) is 2.29. The molecule has 0 unspecified atom stereocenters. The van der Waals surface area contributed by atoms with Crippen molar-refractivity contribution >= 4 is 10.0 Å². The molecule has 1 fully saturated rings. The molecular formula is C14H20N2O3S. The summed E-state index contributed by atoms with van der Waals surface area (Å²) in [7, 11) is -1.68. The summed E-state index contributed by atoms with van der Waals surface area (Å²) in [6, 6.07) is 5.46. The van der Waals surface area contributed by atoms with Crippen LogP contribution in [0.2, 0.25) is 0 Å². The molecule has 110 valence electrons. The Hall–Kier alpha value is -0.950. The van der Waals surface area contributed by atoms with E-state index in [9.17, 15) is 8.42 Å². The smallest absolute Gasteiger partial charge is 0.243 e. The maximum absolute atomic E-state index is 12.6. The predicted octanol–water partition coefficient (Wildman–Crippen LogP) is 1.09. The fraction of sp³-hybridized carbons (Fsp3) is 0.571. The van der Waals surface area contributed by atoms with Crippen molar-refractivity contribution in [2.75, 3.05) is 20.2 Å². The van der Waals surface area contributed by atoms with Gasteiger partial charge in [-0.15, -0.1) is 0 Å². The van der Waals surface area contributed by atoms with E-state index in [0.717, 1.165) is 31.5 Å². The summed E-state index contributed by atoms with van der Waals surface area (Å²) < 4.78 is 32.2. The average Bonchev–Trinajstić information content (AvgIpc) is 2.94. The molecule has 2 aliphatic heterocycles. The standard InChI is InChI=1S/C14H20N2O3S/c1-19-13-4-6-16(7-5-13)20(17,18)14-3-2-11-9-15-10-12(11)8-14/h2-3,8,13,15H,4-7,9-10H2,1H3. The third-order valence-electron chi connectivity index (χ3n) is 4.18. The number of fused-ring (bicyclic) bond motifs is 1. The number of piperidine rings is 1. The molecule has 1 aromatic carbocycles. The van der Waals surface area contributed by atoms with E-state index in [2.05, 4.69) is 5.32 Å². The molecule has 20 heavy (non-hydrogen) atoms. The monoisotopic (exact) mass is 296 g/mol. The van der Waals surface area contributed by atoms with Crippen molar-refractivity contribution in [2.24, 2.45) is 0 Å². The molecule has 6 heteroatoms. The molecule has 0 saturated carbocycles. The van der Waals surface area contributed by atoms with Crippen LogP contribution in [-0.2, 0) is 27.8 Å². The first-order chi connectivity index (χ1) is 9.61. The Kier molecular flexibility index (Phi) is 3.81. The van der Waals surface area contributed by atoms with Crippen molar-refractivity contribution in [1.29, 1.82) is 0 Å². The maximum Gasteiger partial charge on any atom is 0.243 e. The van der Waals surface area contributed by atoms with Gasteiger partial charge in [0.25, 0.3) is 0 Å². The van der Waals surface area contributed by atoms with Gasteiger partial charge in [-0.1, -0.05) is 6.07 Å². The Balaban J connectivity index is 1.82. The highest BCUT2D eigenvalue weighted by atomic mass is 32.2. The van der Waals surface area contributed by atoms with Crippen LogP contribution in [0.25, 0.3) is 0 Å². The second-order valence-corrected chi connectivity index (χ2v) is 7.31. The molecule has 0 radical (unpaired) electrons. The van der Waals surface area contributed by atoms with Gasteiger partial charge < -0.3 is 10.1 Å². The van der Waals surface area contributed by atoms with Gasteiger partial charge in [0.05, 0.1) is 11.0 Å². The molecule has 0 spiro atoms. The van der Waals surface area contributed by atoms with E-state index in [0.29, 0.717) is 18.0 Å². The van der Waals surface area contributed by atoms with E-state index >= 15 is 0 Å². The number of benzene rings is 1. The molecule has 0 amide bonds. The van der Waals surface area contributed by atoms with Gasteiger partial charge >= 0.3 is 0 Å². The van der Waals surface area contributed by atoms with Gasteiger partial charge in [-0.3, -0.25) is 0 Å². The van der Waals surface area contributed by atoms with Crippen molar-refractivity contribution in [1.82, 2.24) is 9.62 Å². The van der Waals surface area contributed by atoms with Gasteiger partial charge in [0.1, 0.15) is 0 Å². The van der Waals surface area contributed by atoms with Gasteiger partial charge in [-0.25, -0.2) is 8.42 Å². The van der Waals surface area contributed by atoms with Gasteiger partial charge in [-0.05, 0) is 36.1 Å². The summed E-state index contributed by atoms with van der Waals surface area (Å²) in [5.74, 6) is 0. The second kappa shape index (κ2) is 5.44. The van der Waals surface area contributed by atoms with Gasteiger partial charge in [0, 0.05) is 33.3 Å². The molecule has 0 aromatic heterocycles. The molecule has 5 nitrogen and oxygen atoms in total. The van der Waals surface area contributed by atoms with Gasteiger partial charge in [0.2, 0.25) is 10.0 Å². The molecule has 0 atom stereocenters. The van der Waals surface area contributed by atoms with Crippen molar-refractivity contribution in [3.05, 3.63) is 29.3 Å². The summed E-state index contributed by atoms with van der Waals surface area (Å²) in [6.07, 6.45) is 1.72. The quantitative estimate of drug-likeness (QED) is 0.907. The molecule has 2 heterocycles. The number of methoxy groups -OCH3 is 1. The first kappa shape index (κ1) is 14.0. The first-order valence-electron chi connectivity index (χ1n) is 6.97. The highest BCUT2D eigenvalue weighted by Crippen LogP contribution is 2.25. The number of sulfonamides is 1. The molecule has 1 aromatic rings. The van der Waals surface area contributed by atoms with Crippen molar-refractivity contribution in [2.45, 2.75) is 36.9 Å². The van der Waals surface area contributed by atoms with Crippen LogP contribution in [0.1, 0.15) is 24.0 Å². The largest absolute Gasteiger partial charge is 0.381 e. The Morgan fingerprint density at radius 1 is 1.20 bits per heavy atom. The van der Waals surface area contributed by atoms with Crippen LogP contribution >= 0.6 is 0 Å². The maximum atomic E-state index is 12.6. The lowest BCUT2D eigenvalue weighted by Crippen LogP contribution is -2.40. The number of rotatable bonds is 3. The van der Waals surface area contributed by atoms with E-state index in [1.807, 2.05) is 12.1 Å². The lowest BCUT2D eigenvalue weighted by atomic mass is 10.1. The zero-order valence-electron chi connectivity index (χ0n) is 11.6. The van der Waals surface area contributed by atoms with Crippen molar-refractivity contribution in [3.63, 3.8) is 0 Å². The Morgan fingerprint density at radius 3 is 2.60 bits per heavy atom. The summed E-state index contributed by atoms with van der Waals surface area (Å²) in [4.78, 5) is 0.413. The SMILES string of the molecule is COC1CCN(S(=O)(=O)c2ccc3c(c2)CNC3)CC1. The number of hydrogen-bond acceptors (Lipinski definition) is 4. The van der Waals surface area contributed by atoms with Crippen LogP contribution in [0.4, 0.5) is 0 Å². The second-order valence-electron chi connectivity index (χ2n) is 5.37. The molecular weight excluding hydrogens is 276 g/mol. The van der Waals surface area contributed by atoms with Crippen LogP contribution in [0, 0.1) is 0 Å². The third kappa shape index (κ3) is 2.48. The number of nitrogens with zero attached hydrogens (tertiary/aromatic N) is 1. The lowest BCUT2D eigenvalue weighted by Gasteiger charge is -2.30. The highest BCUT2D eigenvalue weighted by Gasteiger charge is 2.30. The summed E-state index contributed by atoms with van der Waals surface area (Å²) in [6.45, 7) is 2.66. The Morgan fingerprint density at radius 2 is 1.90 bits per heavy atom. The fourth-order valence-electron chi connectivity index (χ4n) is 2.89. The van der Waals surface area contributed by atoms with E-state index < -0.39 is 10.0 Å². The molecule has 0 aliphatic carbocycles. The Bertz CT molecular complexity index is 592. The first-order valence-corrected chi connectivity index (χ1v) is 8.41. The zero-order valence-corrected chi connectivity index (χ0v) is 12.4. The topological polar surface area (TPSA) is 58.6 Å². The molecule has 3 rings (SSSR count). The fourth-order valence-corrected chi connectivity index (χ4v) is 4.41. The predicted molar refractivity (Wildman–Crippen MR) is 75.8 cm³/mol. The summed E-state index contributed by atoms with van der Waals surface area (Å²) >= 11 is 0. The van der Waals surface area contributed by atoms with E-state index in [4.69, 9.17) is 4.74 Å². The Labute approximate surface area is 120 Å². The minimum atomic E-state index is -3.37. The highest BCUT2D eigenvalue weighted by molar-refractivity contribution is 7.89. The number of nitrogens with one attached hydrogen (secondary N) is 1. The van der Waals surface area contributed by atoms with Crippen LogP contribution in [0.15, 0.2) is 23.1 Å². The summed E-state index contributed by atoms with van der Waals surface area (Å²) in [5, 5.41) is 3.23. The lowest BCUT2D eigenvalue weighted by molar-refractivity contribution is 0.0604. The average molecular weight is 296 g/mol. The van der Waals surface area contributed by atoms with E-state index in [1.165, 1.54) is 5.56 Å². The normalized spacial score (nSPS) is 21.1. The van der Waals surface area contributed by atoms with Crippen molar-refractivity contribution in [3.8, 4) is 0 Å². The third-order valence-corrected chi connectivity index (χ3v) is 6.08. The molecule has 1 saturated heterocycles. The van der Waals surface area contributed by atoms with Crippen LogP contribution in [0.5, 0.6) is 0 Å². The van der Waals surface area contributed by atoms with E-state index in [-0.39, 0.29) is 6.10 Å². The minimum absolute atomic E-state index is 0.186. The van der Waals surface area contributed by atoms with Crippen LogP contribution in [0.3, 0.4) is 0 Å². The van der Waals surface area contributed by atoms with Crippen molar-refractivity contribution < 1.29 is 13.2 Å². The van der Waals surface area contributed by atoms with E-state index in [1.54, 1.807) is 17.5 Å². The molecule has 1 N–H and O–H groups in total.